The van der Waals surface area contributed by atoms with Crippen molar-refractivity contribution < 1.29 is 19.4 Å². The minimum atomic E-state index is -0.603. The highest BCUT2D eigenvalue weighted by Gasteiger charge is 2.37. The van der Waals surface area contributed by atoms with E-state index in [2.05, 4.69) is 0 Å². The van der Waals surface area contributed by atoms with Gasteiger partial charge in [0, 0.05) is 23.9 Å². The van der Waals surface area contributed by atoms with Crippen LogP contribution in [-0.2, 0) is 11.3 Å². The Bertz CT molecular complexity index is 1100. The van der Waals surface area contributed by atoms with Crippen LogP contribution < -0.4 is 9.64 Å². The van der Waals surface area contributed by atoms with E-state index in [4.69, 9.17) is 9.47 Å². The number of aliphatic hydroxyl groups is 1. The summed E-state index contributed by atoms with van der Waals surface area (Å²) in [4.78, 5) is 14.6. The number of hydrogen-bond donors (Lipinski definition) is 1. The van der Waals surface area contributed by atoms with Crippen LogP contribution in [0.15, 0.2) is 54.6 Å². The molecule has 1 N–H and O–H groups in total. The van der Waals surface area contributed by atoms with Gasteiger partial charge in [-0.1, -0.05) is 48.5 Å². The van der Waals surface area contributed by atoms with E-state index in [1.165, 1.54) is 0 Å². The molecule has 1 heterocycles. The molecule has 1 aliphatic rings. The number of nitrogens with zero attached hydrogens (tertiary/aromatic N) is 1. The molecule has 31 heavy (non-hydrogen) atoms. The van der Waals surface area contributed by atoms with Crippen molar-refractivity contribution in [2.24, 2.45) is 0 Å². The van der Waals surface area contributed by atoms with Crippen molar-refractivity contribution in [3.8, 4) is 5.75 Å². The molecule has 1 aliphatic heterocycles. The number of aryl methyl sites for hydroxylation is 1. The topological polar surface area (TPSA) is 59.0 Å². The highest BCUT2D eigenvalue weighted by atomic mass is 16.6. The molecule has 0 aliphatic carbocycles. The Hall–Kier alpha value is -3.05. The van der Waals surface area contributed by atoms with Gasteiger partial charge in [-0.05, 0) is 49.8 Å². The van der Waals surface area contributed by atoms with Crippen LogP contribution >= 0.6 is 0 Å². The van der Waals surface area contributed by atoms with Gasteiger partial charge in [0.05, 0.1) is 12.3 Å². The number of rotatable bonds is 4. The molecule has 3 aromatic carbocycles. The monoisotopic (exact) mass is 419 g/mol. The number of ether oxygens (including phenoxy) is 2. The molecule has 0 spiro atoms. The zero-order valence-electron chi connectivity index (χ0n) is 18.5. The maximum absolute atomic E-state index is 13.0. The van der Waals surface area contributed by atoms with Gasteiger partial charge >= 0.3 is 6.09 Å². The van der Waals surface area contributed by atoms with Crippen molar-refractivity contribution in [2.75, 3.05) is 18.1 Å². The summed E-state index contributed by atoms with van der Waals surface area (Å²) in [7, 11) is 0. The van der Waals surface area contributed by atoms with Crippen LogP contribution in [0.5, 0.6) is 5.75 Å². The molecule has 0 radical (unpaired) electrons. The molecule has 1 atom stereocenters. The average Bonchev–Trinajstić information content (AvgIpc) is 3.10. The fourth-order valence-electron chi connectivity index (χ4n) is 4.18. The van der Waals surface area contributed by atoms with Crippen LogP contribution in [0.3, 0.4) is 0 Å². The SMILES string of the molecule is Cc1cccc2c(OCc3ccccc3)cc3c(c12)C(CO)CN3C(=O)OC(C)(C)C. The van der Waals surface area contributed by atoms with Gasteiger partial charge in [-0.15, -0.1) is 0 Å². The number of carbonyl (C=O) groups is 1. The third kappa shape index (κ3) is 4.23. The molecule has 0 saturated carbocycles. The summed E-state index contributed by atoms with van der Waals surface area (Å²) >= 11 is 0. The molecule has 5 heteroatoms. The maximum Gasteiger partial charge on any atom is 0.414 e. The minimum Gasteiger partial charge on any atom is -0.488 e. The number of benzene rings is 3. The molecule has 3 aromatic rings. The van der Waals surface area contributed by atoms with E-state index in [9.17, 15) is 9.90 Å². The first-order chi connectivity index (χ1) is 14.8. The van der Waals surface area contributed by atoms with Crippen molar-refractivity contribution >= 4 is 22.6 Å². The Morgan fingerprint density at radius 1 is 1.13 bits per heavy atom. The zero-order chi connectivity index (χ0) is 22.2. The van der Waals surface area contributed by atoms with Gasteiger partial charge in [0.2, 0.25) is 0 Å². The second-order valence-corrected chi connectivity index (χ2v) is 9.05. The van der Waals surface area contributed by atoms with Gasteiger partial charge in [-0.3, -0.25) is 4.90 Å². The van der Waals surface area contributed by atoms with Gasteiger partial charge in [0.1, 0.15) is 18.0 Å². The molecule has 0 bridgehead atoms. The van der Waals surface area contributed by atoms with Crippen molar-refractivity contribution in [1.29, 1.82) is 0 Å². The lowest BCUT2D eigenvalue weighted by molar-refractivity contribution is 0.0581. The van der Waals surface area contributed by atoms with Crippen molar-refractivity contribution in [1.82, 2.24) is 0 Å². The van der Waals surface area contributed by atoms with Gasteiger partial charge in [-0.2, -0.15) is 0 Å². The minimum absolute atomic E-state index is 0.0417. The van der Waals surface area contributed by atoms with Crippen LogP contribution in [0.25, 0.3) is 10.8 Å². The molecule has 1 amide bonds. The van der Waals surface area contributed by atoms with Crippen molar-refractivity contribution in [2.45, 2.75) is 45.8 Å². The van der Waals surface area contributed by atoms with Crippen LogP contribution in [0.2, 0.25) is 0 Å². The van der Waals surface area contributed by atoms with Gasteiger partial charge in [0.25, 0.3) is 0 Å². The number of carbonyl (C=O) groups excluding carboxylic acids is 1. The molecule has 0 fully saturated rings. The summed E-state index contributed by atoms with van der Waals surface area (Å²) in [6, 6.07) is 18.0. The number of anilines is 1. The maximum atomic E-state index is 13.0. The highest BCUT2D eigenvalue weighted by Crippen LogP contribution is 2.46. The normalized spacial score (nSPS) is 15.8. The van der Waals surface area contributed by atoms with Crippen LogP contribution in [0.1, 0.15) is 43.4 Å². The molecule has 5 nitrogen and oxygen atoms in total. The molecule has 0 aromatic heterocycles. The van der Waals surface area contributed by atoms with E-state index in [1.807, 2.05) is 82.3 Å². The first kappa shape index (κ1) is 21.2. The Morgan fingerprint density at radius 3 is 2.55 bits per heavy atom. The number of hydrogen-bond acceptors (Lipinski definition) is 4. The van der Waals surface area contributed by atoms with Gasteiger partial charge < -0.3 is 14.6 Å². The second kappa shape index (κ2) is 8.23. The van der Waals surface area contributed by atoms with Crippen LogP contribution in [0.4, 0.5) is 10.5 Å². The third-order valence-electron chi connectivity index (χ3n) is 5.52. The van der Waals surface area contributed by atoms with E-state index in [0.29, 0.717) is 18.9 Å². The smallest absolute Gasteiger partial charge is 0.414 e. The lowest BCUT2D eigenvalue weighted by Crippen LogP contribution is -2.36. The first-order valence-electron chi connectivity index (χ1n) is 10.6. The standard InChI is InChI=1S/C26H29NO4/c1-17-9-8-12-20-22(30-16-18-10-6-5-7-11-18)13-21-24(23(17)20)19(15-28)14-27(21)25(29)31-26(2,3)4/h5-13,19,28H,14-16H2,1-4H3. The molecular weight excluding hydrogens is 390 g/mol. The summed E-state index contributed by atoms with van der Waals surface area (Å²) in [6.07, 6.45) is -0.411. The lowest BCUT2D eigenvalue weighted by atomic mass is 9.92. The van der Waals surface area contributed by atoms with E-state index in [-0.39, 0.29) is 12.5 Å². The van der Waals surface area contributed by atoms with E-state index < -0.39 is 11.7 Å². The number of aliphatic hydroxyl groups excluding tert-OH is 1. The summed E-state index contributed by atoms with van der Waals surface area (Å²) < 4.78 is 11.9. The number of fused-ring (bicyclic) bond motifs is 3. The molecule has 162 valence electrons. The predicted octanol–water partition coefficient (Wildman–Crippen LogP) is 5.56. The second-order valence-electron chi connectivity index (χ2n) is 9.05. The summed E-state index contributed by atoms with van der Waals surface area (Å²) in [5, 5.41) is 12.1. The summed E-state index contributed by atoms with van der Waals surface area (Å²) in [5.41, 5.74) is 3.28. The van der Waals surface area contributed by atoms with Crippen molar-refractivity contribution in [3.63, 3.8) is 0 Å². The summed E-state index contributed by atoms with van der Waals surface area (Å²) in [5.74, 6) is 0.544. The van der Waals surface area contributed by atoms with E-state index >= 15 is 0 Å². The molecule has 0 saturated heterocycles. The molecular formula is C26H29NO4. The Kier molecular flexibility index (Phi) is 5.63. The Labute approximate surface area is 183 Å². The quantitative estimate of drug-likeness (QED) is 0.602. The third-order valence-corrected chi connectivity index (χ3v) is 5.52. The fraction of sp³-hybridized carbons (Fsp3) is 0.346. The Morgan fingerprint density at radius 2 is 1.87 bits per heavy atom. The highest BCUT2D eigenvalue weighted by molar-refractivity contribution is 6.03. The molecule has 4 rings (SSSR count). The number of amides is 1. The van der Waals surface area contributed by atoms with Crippen LogP contribution in [-0.4, -0.2) is 30.0 Å². The average molecular weight is 420 g/mol. The van der Waals surface area contributed by atoms with E-state index in [0.717, 1.165) is 33.2 Å². The van der Waals surface area contributed by atoms with Crippen LogP contribution in [0, 0.1) is 6.92 Å². The van der Waals surface area contributed by atoms with E-state index in [1.54, 1.807) is 4.90 Å². The van der Waals surface area contributed by atoms with Crippen molar-refractivity contribution in [3.05, 3.63) is 71.3 Å². The first-order valence-corrected chi connectivity index (χ1v) is 10.6. The Balaban J connectivity index is 1.82. The van der Waals surface area contributed by atoms with Gasteiger partial charge in [-0.25, -0.2) is 4.79 Å². The predicted molar refractivity (Wildman–Crippen MR) is 123 cm³/mol. The summed E-state index contributed by atoms with van der Waals surface area (Å²) in [6.45, 7) is 8.37. The van der Waals surface area contributed by atoms with Gasteiger partial charge in [0.15, 0.2) is 0 Å². The molecule has 1 unspecified atom stereocenters. The largest absolute Gasteiger partial charge is 0.488 e. The lowest BCUT2D eigenvalue weighted by Gasteiger charge is -2.25. The fourth-order valence-corrected chi connectivity index (χ4v) is 4.18. The zero-order valence-corrected chi connectivity index (χ0v) is 18.5.